The SMILES string of the molecule is C=Cc1ccc(C2(c3ccc(F)cc3)c3ccccc3-c3ccc(N(c4ccccc4)c4ccc(-c5cc(CCCCCC)c(-c6ccc(N(c7ccccc7)c7ccc8c(c7)C(c7ccc(F)cc7)(c7ccc(C=C)cc7)c7ccccc7-8)cc6C)cc5CCCCCC)c(C)c4)cc32)cc1. The number of halogens is 2. The van der Waals surface area contributed by atoms with Crippen LogP contribution in [0.15, 0.2) is 304 Å². The summed E-state index contributed by atoms with van der Waals surface area (Å²) in [5, 5.41) is 0. The summed E-state index contributed by atoms with van der Waals surface area (Å²) in [5.74, 6) is -0.526. The van der Waals surface area contributed by atoms with Crippen LogP contribution >= 0.6 is 0 Å². The monoisotopic (exact) mass is 1330 g/mol. The molecule has 0 saturated carbocycles. The van der Waals surface area contributed by atoms with E-state index in [4.69, 9.17) is 0 Å². The van der Waals surface area contributed by atoms with Gasteiger partial charge in [-0.05, 0) is 259 Å². The van der Waals surface area contributed by atoms with Crippen LogP contribution in [0.1, 0.15) is 143 Å². The maximum Gasteiger partial charge on any atom is 0.123 e. The number of aryl methyl sites for hydroxylation is 4. The maximum absolute atomic E-state index is 15.1. The second kappa shape index (κ2) is 28.8. The molecule has 0 radical (unpaired) electrons. The molecule has 0 aromatic heterocycles. The lowest BCUT2D eigenvalue weighted by Crippen LogP contribution is -2.29. The van der Waals surface area contributed by atoms with E-state index < -0.39 is 10.8 Å². The summed E-state index contributed by atoms with van der Waals surface area (Å²) in [7, 11) is 0. The highest BCUT2D eigenvalue weighted by molar-refractivity contribution is 5.93. The van der Waals surface area contributed by atoms with Crippen molar-refractivity contribution in [2.24, 2.45) is 0 Å². The number of fused-ring (bicyclic) bond motifs is 6. The van der Waals surface area contributed by atoms with Gasteiger partial charge >= 0.3 is 0 Å². The highest BCUT2D eigenvalue weighted by atomic mass is 19.1. The molecule has 15 rings (SSSR count). The predicted octanol–water partition coefficient (Wildman–Crippen LogP) is 27.1. The summed E-state index contributed by atoms with van der Waals surface area (Å²) in [6.07, 6.45) is 15.0. The van der Waals surface area contributed by atoms with E-state index in [-0.39, 0.29) is 11.6 Å². The first-order valence-corrected chi connectivity index (χ1v) is 36.6. The van der Waals surface area contributed by atoms with Crippen molar-refractivity contribution >= 4 is 46.3 Å². The fourth-order valence-electron chi connectivity index (χ4n) is 16.8. The van der Waals surface area contributed by atoms with Gasteiger partial charge in [-0.15, -0.1) is 0 Å². The number of benzene rings is 13. The van der Waals surface area contributed by atoms with Gasteiger partial charge in [0.15, 0.2) is 0 Å². The van der Waals surface area contributed by atoms with Crippen LogP contribution in [0.5, 0.6) is 0 Å². The molecule has 2 unspecified atom stereocenters. The number of anilines is 6. The molecule has 0 N–H and O–H groups in total. The molecule has 0 spiro atoms. The van der Waals surface area contributed by atoms with E-state index in [1.54, 1.807) is 24.3 Å². The number of nitrogens with zero attached hydrogens (tertiary/aromatic N) is 2. The molecule has 0 saturated heterocycles. The molecule has 0 amide bonds. The summed E-state index contributed by atoms with van der Waals surface area (Å²) in [6, 6.07) is 104. The molecule has 4 heteroatoms. The summed E-state index contributed by atoms with van der Waals surface area (Å²) in [4.78, 5) is 4.81. The van der Waals surface area contributed by atoms with Gasteiger partial charge in [0, 0.05) is 34.1 Å². The van der Waals surface area contributed by atoms with Crippen molar-refractivity contribution < 1.29 is 8.78 Å². The minimum absolute atomic E-state index is 0.263. The van der Waals surface area contributed by atoms with Gasteiger partial charge in [-0.25, -0.2) is 8.78 Å². The number of hydrogen-bond donors (Lipinski definition) is 0. The van der Waals surface area contributed by atoms with Crippen LogP contribution in [0.4, 0.5) is 42.9 Å². The third-order valence-electron chi connectivity index (χ3n) is 21.8. The Hall–Kier alpha value is -11.2. The molecule has 0 fully saturated rings. The molecule has 0 bridgehead atoms. The van der Waals surface area contributed by atoms with Gasteiger partial charge in [0.25, 0.3) is 0 Å². The zero-order valence-electron chi connectivity index (χ0n) is 59.0. The second-order valence-corrected chi connectivity index (χ2v) is 27.8. The number of rotatable bonds is 24. The van der Waals surface area contributed by atoms with Crippen LogP contribution < -0.4 is 9.80 Å². The summed E-state index contributed by atoms with van der Waals surface area (Å²) >= 11 is 0. The van der Waals surface area contributed by atoms with Gasteiger partial charge in [0.2, 0.25) is 0 Å². The van der Waals surface area contributed by atoms with Crippen molar-refractivity contribution in [2.75, 3.05) is 9.80 Å². The Kier molecular flexibility index (Phi) is 18.8. The molecular formula is C98H86F2N2. The van der Waals surface area contributed by atoms with Crippen LogP contribution in [0.3, 0.4) is 0 Å². The van der Waals surface area contributed by atoms with E-state index in [0.29, 0.717) is 0 Å². The minimum atomic E-state index is -0.742. The highest BCUT2D eigenvalue weighted by Gasteiger charge is 2.48. The van der Waals surface area contributed by atoms with E-state index in [1.807, 2.05) is 36.4 Å². The predicted molar refractivity (Wildman–Crippen MR) is 427 cm³/mol. The average Bonchev–Trinajstić information content (AvgIpc) is 1.53. The Morgan fingerprint density at radius 3 is 0.971 bits per heavy atom. The van der Waals surface area contributed by atoms with Crippen molar-refractivity contribution in [2.45, 2.75) is 103 Å². The Morgan fingerprint density at radius 1 is 0.294 bits per heavy atom. The first-order chi connectivity index (χ1) is 50.0. The van der Waals surface area contributed by atoms with Crippen LogP contribution in [-0.4, -0.2) is 0 Å². The lowest BCUT2D eigenvalue weighted by molar-refractivity contribution is 0.624. The zero-order chi connectivity index (χ0) is 69.9. The number of para-hydroxylation sites is 2. The van der Waals surface area contributed by atoms with Gasteiger partial charge in [-0.3, -0.25) is 0 Å². The van der Waals surface area contributed by atoms with E-state index >= 15 is 8.78 Å². The smallest absolute Gasteiger partial charge is 0.123 e. The molecule has 2 atom stereocenters. The summed E-state index contributed by atoms with van der Waals surface area (Å²) in [6.45, 7) is 17.4. The van der Waals surface area contributed by atoms with Gasteiger partial charge in [0.05, 0.1) is 10.8 Å². The van der Waals surface area contributed by atoms with Crippen LogP contribution in [-0.2, 0) is 23.7 Å². The molecule has 2 aliphatic carbocycles. The first-order valence-electron chi connectivity index (χ1n) is 36.6. The van der Waals surface area contributed by atoms with Crippen LogP contribution in [0.25, 0.3) is 56.7 Å². The highest BCUT2D eigenvalue weighted by Crippen LogP contribution is 2.60. The third-order valence-corrected chi connectivity index (χ3v) is 21.8. The standard InChI is InChI=1S/C98H86F2N2/c1-7-11-13-17-27-71-63-92(86-58-54-82(62-68(86)6)102(80-31-21-16-22-32-80)84-56-60-90-88-34-24-26-36-94(88)98(96(90)66-84,76-47-51-78(100)52-48-76)74-43-39-70(10-4)40-44-74)72(28-18-14-12-8-2)64-91(71)85-57-53-81(61-67(85)5)101(79-29-19-15-20-30-79)83-55-59-89-87-33-23-25-35-93(87)97(95(89)65-83,75-45-49-77(99)50-46-75)73-41-37-69(9-3)38-42-73/h9-10,15-16,19-26,29-66H,3-4,7-8,11-14,17-18,27-28H2,1-2,5-6H3. The first kappa shape index (κ1) is 66.7. The Morgan fingerprint density at radius 2 is 0.618 bits per heavy atom. The molecule has 0 aliphatic heterocycles. The summed E-state index contributed by atoms with van der Waals surface area (Å²) in [5.41, 5.74) is 30.7. The van der Waals surface area contributed by atoms with Crippen molar-refractivity contribution in [3.8, 4) is 44.5 Å². The third kappa shape index (κ3) is 12.0. The Labute approximate surface area is 602 Å². The van der Waals surface area contributed by atoms with Crippen molar-refractivity contribution in [3.63, 3.8) is 0 Å². The van der Waals surface area contributed by atoms with Crippen molar-refractivity contribution in [1.29, 1.82) is 0 Å². The summed E-state index contributed by atoms with van der Waals surface area (Å²) < 4.78 is 30.1. The fraction of sp³-hybridized carbons (Fsp3) is 0.163. The number of hydrogen-bond acceptors (Lipinski definition) is 2. The molecule has 2 nitrogen and oxygen atoms in total. The molecule has 13 aromatic rings. The average molecular weight is 1330 g/mol. The largest absolute Gasteiger partial charge is 0.310 e. The van der Waals surface area contributed by atoms with Gasteiger partial charge in [-0.1, -0.05) is 272 Å². The normalized spacial score (nSPS) is 14.7. The zero-order valence-corrected chi connectivity index (χ0v) is 59.0. The molecule has 502 valence electrons. The lowest BCUT2D eigenvalue weighted by atomic mass is 9.67. The number of unbranched alkanes of at least 4 members (excludes halogenated alkanes) is 6. The van der Waals surface area contributed by atoms with E-state index in [2.05, 4.69) is 293 Å². The maximum atomic E-state index is 15.1. The fourth-order valence-corrected chi connectivity index (χ4v) is 16.8. The molecule has 13 aromatic carbocycles. The quantitative estimate of drug-likeness (QED) is 0.0557. The van der Waals surface area contributed by atoms with Crippen LogP contribution in [0.2, 0.25) is 0 Å². The van der Waals surface area contributed by atoms with Crippen molar-refractivity contribution in [3.05, 3.63) is 394 Å². The second-order valence-electron chi connectivity index (χ2n) is 27.8. The topological polar surface area (TPSA) is 6.48 Å². The molecule has 0 heterocycles. The van der Waals surface area contributed by atoms with Crippen LogP contribution in [0, 0.1) is 25.5 Å². The van der Waals surface area contributed by atoms with E-state index in [0.717, 1.165) is 115 Å². The Bertz CT molecular complexity index is 4880. The minimum Gasteiger partial charge on any atom is -0.310 e. The van der Waals surface area contributed by atoms with Gasteiger partial charge in [0.1, 0.15) is 11.6 Å². The molecular weight excluding hydrogens is 1240 g/mol. The van der Waals surface area contributed by atoms with E-state index in [9.17, 15) is 0 Å². The lowest BCUT2D eigenvalue weighted by Gasteiger charge is -2.35. The van der Waals surface area contributed by atoms with Gasteiger partial charge < -0.3 is 9.80 Å². The van der Waals surface area contributed by atoms with Gasteiger partial charge in [-0.2, -0.15) is 0 Å². The van der Waals surface area contributed by atoms with E-state index in [1.165, 1.54) is 105 Å². The molecule has 2 aliphatic rings. The Balaban J connectivity index is 0.845. The van der Waals surface area contributed by atoms with Crippen molar-refractivity contribution in [1.82, 2.24) is 0 Å². The molecule has 102 heavy (non-hydrogen) atoms.